The first-order valence-electron chi connectivity index (χ1n) is 6.35. The van der Waals surface area contributed by atoms with Crippen LogP contribution in [0.5, 0.6) is 0 Å². The molecule has 0 spiro atoms. The molecule has 0 unspecified atom stereocenters. The maximum atomic E-state index is 4.77. The van der Waals surface area contributed by atoms with Crippen LogP contribution >= 0.6 is 0 Å². The van der Waals surface area contributed by atoms with Gasteiger partial charge in [0.1, 0.15) is 5.82 Å². The van der Waals surface area contributed by atoms with Crippen LogP contribution < -0.4 is 0 Å². The van der Waals surface area contributed by atoms with Gasteiger partial charge in [-0.2, -0.15) is 0 Å². The predicted octanol–water partition coefficient (Wildman–Crippen LogP) is 2.19. The van der Waals surface area contributed by atoms with Gasteiger partial charge in [0.15, 0.2) is 0 Å². The average molecular weight is 222 g/mol. The molecule has 0 aliphatic carbocycles. The molecule has 1 heterocycles. The van der Waals surface area contributed by atoms with Crippen LogP contribution in [0.3, 0.4) is 0 Å². The molecule has 0 saturated heterocycles. The van der Waals surface area contributed by atoms with Crippen LogP contribution in [0.25, 0.3) is 0 Å². The van der Waals surface area contributed by atoms with Crippen molar-refractivity contribution in [2.24, 2.45) is 0 Å². The molecule has 1 aromatic heterocycles. The summed E-state index contributed by atoms with van der Waals surface area (Å²) in [5, 5.41) is 0. The molecule has 2 nitrogen and oxygen atoms in total. The molecular formula is C13H27BN2. The Morgan fingerprint density at radius 3 is 2.19 bits per heavy atom. The van der Waals surface area contributed by atoms with Gasteiger partial charge in [-0.05, 0) is 26.2 Å². The van der Waals surface area contributed by atoms with Crippen LogP contribution in [-0.4, -0.2) is 18.0 Å². The fourth-order valence-electron chi connectivity index (χ4n) is 2.17. The molecule has 0 fully saturated rings. The second kappa shape index (κ2) is 7.53. The number of unbranched alkanes of at least 4 members (excludes halogenated alkanes) is 1. The highest BCUT2D eigenvalue weighted by molar-refractivity contribution is 5.75. The molecule has 0 N–H and O–H groups in total. The number of nitrogens with zero attached hydrogens (tertiary/aromatic N) is 2. The van der Waals surface area contributed by atoms with Crippen LogP contribution in [0.1, 0.15) is 57.7 Å². The Kier molecular flexibility index (Phi) is 7.19. The van der Waals surface area contributed by atoms with Crippen LogP contribution in [0, 0.1) is 0 Å². The van der Waals surface area contributed by atoms with Gasteiger partial charge in [0.2, 0.25) is 0 Å². The van der Waals surface area contributed by atoms with Gasteiger partial charge in [0.25, 0.3) is 0 Å². The van der Waals surface area contributed by atoms with E-state index in [4.69, 9.17) is 4.98 Å². The standard InChI is InChI=1S/C13H24N2.BH3/c1-5-9-10-13-14-11(6-2)12(7-3)15(13)8-4;/h5-10H2,1-4H3;1H3. The third kappa shape index (κ3) is 3.13. The van der Waals surface area contributed by atoms with E-state index < -0.39 is 0 Å². The third-order valence-electron chi connectivity index (χ3n) is 2.97. The van der Waals surface area contributed by atoms with E-state index in [2.05, 4.69) is 32.3 Å². The summed E-state index contributed by atoms with van der Waals surface area (Å²) in [6.45, 7) is 9.95. The maximum Gasteiger partial charge on any atom is 0.109 e. The highest BCUT2D eigenvalue weighted by Gasteiger charge is 2.12. The molecule has 0 radical (unpaired) electrons. The Morgan fingerprint density at radius 2 is 1.75 bits per heavy atom. The SMILES string of the molecule is B.CCCCc1nc(CC)c(CC)n1CC. The lowest BCUT2D eigenvalue weighted by Crippen LogP contribution is -2.05. The van der Waals surface area contributed by atoms with Gasteiger partial charge in [-0.25, -0.2) is 4.98 Å². The molecule has 3 heteroatoms. The van der Waals surface area contributed by atoms with Gasteiger partial charge < -0.3 is 4.57 Å². The molecule has 16 heavy (non-hydrogen) atoms. The number of hydrogen-bond donors (Lipinski definition) is 0. The molecule has 0 aliphatic rings. The number of aryl methyl sites for hydroxylation is 2. The minimum atomic E-state index is 0. The van der Waals surface area contributed by atoms with Gasteiger partial charge in [0, 0.05) is 18.7 Å². The zero-order valence-electron chi connectivity index (χ0n) is 10.6. The normalized spacial score (nSPS) is 10.2. The molecule has 92 valence electrons. The van der Waals surface area contributed by atoms with E-state index in [1.54, 1.807) is 0 Å². The second-order valence-electron chi connectivity index (χ2n) is 3.98. The summed E-state index contributed by atoms with van der Waals surface area (Å²) in [5.74, 6) is 1.30. The Labute approximate surface area is 102 Å². The second-order valence-corrected chi connectivity index (χ2v) is 3.98. The Morgan fingerprint density at radius 1 is 1.06 bits per heavy atom. The molecule has 0 saturated carbocycles. The number of hydrogen-bond acceptors (Lipinski definition) is 1. The molecule has 1 rings (SSSR count). The topological polar surface area (TPSA) is 17.8 Å². The summed E-state index contributed by atoms with van der Waals surface area (Å²) in [6, 6.07) is 0. The van der Waals surface area contributed by atoms with Crippen molar-refractivity contribution in [1.82, 2.24) is 9.55 Å². The van der Waals surface area contributed by atoms with Gasteiger partial charge in [-0.3, -0.25) is 0 Å². The van der Waals surface area contributed by atoms with Gasteiger partial charge in [-0.1, -0.05) is 27.2 Å². The molecule has 0 amide bonds. The summed E-state index contributed by atoms with van der Waals surface area (Å²) < 4.78 is 2.41. The smallest absolute Gasteiger partial charge is 0.109 e. The Bertz CT molecular complexity index is 305. The largest absolute Gasteiger partial charge is 0.332 e. The fourth-order valence-corrected chi connectivity index (χ4v) is 2.17. The Balaban J connectivity index is 0.00000225. The lowest BCUT2D eigenvalue weighted by molar-refractivity contribution is 0.641. The first kappa shape index (κ1) is 15.3. The van der Waals surface area contributed by atoms with Crippen molar-refractivity contribution in [3.05, 3.63) is 17.2 Å². The van der Waals surface area contributed by atoms with Crippen molar-refractivity contribution in [2.45, 2.75) is 66.3 Å². The van der Waals surface area contributed by atoms with E-state index in [0.717, 1.165) is 25.8 Å². The van der Waals surface area contributed by atoms with Crippen molar-refractivity contribution < 1.29 is 0 Å². The van der Waals surface area contributed by atoms with E-state index >= 15 is 0 Å². The zero-order valence-corrected chi connectivity index (χ0v) is 10.6. The monoisotopic (exact) mass is 222 g/mol. The predicted molar refractivity (Wildman–Crippen MR) is 75.2 cm³/mol. The lowest BCUT2D eigenvalue weighted by Gasteiger charge is -2.08. The summed E-state index contributed by atoms with van der Waals surface area (Å²) in [4.78, 5) is 4.77. The van der Waals surface area contributed by atoms with Gasteiger partial charge in [-0.15, -0.1) is 0 Å². The van der Waals surface area contributed by atoms with E-state index in [1.165, 1.54) is 30.1 Å². The first-order valence-corrected chi connectivity index (χ1v) is 6.35. The molecule has 0 aromatic carbocycles. The van der Waals surface area contributed by atoms with E-state index in [1.807, 2.05) is 0 Å². The lowest BCUT2D eigenvalue weighted by atomic mass is 10.2. The Hall–Kier alpha value is -0.725. The van der Waals surface area contributed by atoms with E-state index in [-0.39, 0.29) is 8.41 Å². The quantitative estimate of drug-likeness (QED) is 0.674. The molecule has 0 aliphatic heterocycles. The minimum Gasteiger partial charge on any atom is -0.332 e. The van der Waals surface area contributed by atoms with Crippen LogP contribution in [0.4, 0.5) is 0 Å². The molecule has 0 bridgehead atoms. The van der Waals surface area contributed by atoms with Crippen LogP contribution in [0.15, 0.2) is 0 Å². The molecule has 1 aromatic rings. The highest BCUT2D eigenvalue weighted by atomic mass is 15.1. The fraction of sp³-hybridized carbons (Fsp3) is 0.769. The summed E-state index contributed by atoms with van der Waals surface area (Å²) in [5.41, 5.74) is 2.76. The van der Waals surface area contributed by atoms with Gasteiger partial charge >= 0.3 is 0 Å². The van der Waals surface area contributed by atoms with Crippen molar-refractivity contribution in [3.8, 4) is 0 Å². The minimum absolute atomic E-state index is 0. The van der Waals surface area contributed by atoms with Crippen molar-refractivity contribution >= 4 is 8.41 Å². The van der Waals surface area contributed by atoms with Crippen LogP contribution in [-0.2, 0) is 25.8 Å². The molecule has 0 atom stereocenters. The third-order valence-corrected chi connectivity index (χ3v) is 2.97. The average Bonchev–Trinajstić information content (AvgIpc) is 2.62. The van der Waals surface area contributed by atoms with Crippen molar-refractivity contribution in [1.29, 1.82) is 0 Å². The number of aromatic nitrogens is 2. The number of imidazole rings is 1. The molecular weight excluding hydrogens is 195 g/mol. The summed E-state index contributed by atoms with van der Waals surface area (Å²) in [6.07, 6.45) is 5.81. The summed E-state index contributed by atoms with van der Waals surface area (Å²) >= 11 is 0. The van der Waals surface area contributed by atoms with E-state index in [9.17, 15) is 0 Å². The zero-order chi connectivity index (χ0) is 11.3. The van der Waals surface area contributed by atoms with Crippen LogP contribution in [0.2, 0.25) is 0 Å². The summed E-state index contributed by atoms with van der Waals surface area (Å²) in [7, 11) is 0. The highest BCUT2D eigenvalue weighted by Crippen LogP contribution is 2.15. The van der Waals surface area contributed by atoms with Gasteiger partial charge in [0.05, 0.1) is 14.1 Å². The number of rotatable bonds is 6. The van der Waals surface area contributed by atoms with E-state index in [0.29, 0.717) is 0 Å². The van der Waals surface area contributed by atoms with Crippen molar-refractivity contribution in [3.63, 3.8) is 0 Å². The van der Waals surface area contributed by atoms with Crippen molar-refractivity contribution in [2.75, 3.05) is 0 Å². The first-order chi connectivity index (χ1) is 7.28. The maximum absolute atomic E-state index is 4.77.